The van der Waals surface area contributed by atoms with Crippen LogP contribution in [-0.2, 0) is 4.79 Å². The van der Waals surface area contributed by atoms with Gasteiger partial charge in [0.25, 0.3) is 5.91 Å². The Morgan fingerprint density at radius 2 is 1.70 bits per heavy atom. The number of thioether (sulfide) groups is 1. The van der Waals surface area contributed by atoms with E-state index in [2.05, 4.69) is 15.9 Å². The van der Waals surface area contributed by atoms with Crippen LogP contribution >= 0.6 is 27.7 Å². The molecule has 1 heterocycles. The van der Waals surface area contributed by atoms with E-state index in [-0.39, 0.29) is 12.0 Å². The maximum absolute atomic E-state index is 13.5. The molecule has 0 radical (unpaired) electrons. The standard InChI is InChI=1S/C26H23BrN2O3S/c1-17(2)32-24-21(27)14-18(15-22(24)31-3)16-23-25(30)29(20-12-8-5-9-13-20)26(33-23)28-19-10-6-4-7-11-19/h4-17H,1-3H3/b23-16-,28-26?. The molecule has 7 heteroatoms. The van der Waals surface area contributed by atoms with Gasteiger partial charge >= 0.3 is 0 Å². The fourth-order valence-electron chi connectivity index (χ4n) is 3.29. The lowest BCUT2D eigenvalue weighted by molar-refractivity contribution is -0.113. The van der Waals surface area contributed by atoms with Gasteiger partial charge in [-0.15, -0.1) is 0 Å². The average Bonchev–Trinajstić information content (AvgIpc) is 3.10. The fraction of sp³-hybridized carbons (Fsp3) is 0.154. The number of para-hydroxylation sites is 2. The molecule has 168 valence electrons. The van der Waals surface area contributed by atoms with Crippen LogP contribution in [0.2, 0.25) is 0 Å². The summed E-state index contributed by atoms with van der Waals surface area (Å²) in [6.45, 7) is 3.92. The number of nitrogens with zero attached hydrogens (tertiary/aromatic N) is 2. The summed E-state index contributed by atoms with van der Waals surface area (Å²) in [5.74, 6) is 1.11. The van der Waals surface area contributed by atoms with Gasteiger partial charge in [0.1, 0.15) is 0 Å². The van der Waals surface area contributed by atoms with Crippen molar-refractivity contribution < 1.29 is 14.3 Å². The molecule has 0 aromatic heterocycles. The normalized spacial score (nSPS) is 16.2. The van der Waals surface area contributed by atoms with Crippen molar-refractivity contribution in [3.05, 3.63) is 87.7 Å². The van der Waals surface area contributed by atoms with Gasteiger partial charge in [-0.25, -0.2) is 4.99 Å². The van der Waals surface area contributed by atoms with Crippen molar-refractivity contribution in [3.8, 4) is 11.5 Å². The van der Waals surface area contributed by atoms with Crippen molar-refractivity contribution in [1.29, 1.82) is 0 Å². The second kappa shape index (κ2) is 10.3. The van der Waals surface area contributed by atoms with Crippen LogP contribution in [-0.4, -0.2) is 24.3 Å². The van der Waals surface area contributed by atoms with Crippen molar-refractivity contribution in [2.45, 2.75) is 20.0 Å². The minimum Gasteiger partial charge on any atom is -0.493 e. The Hall–Kier alpha value is -3.03. The van der Waals surface area contributed by atoms with Crippen molar-refractivity contribution in [2.24, 2.45) is 4.99 Å². The number of methoxy groups -OCH3 is 1. The zero-order valence-electron chi connectivity index (χ0n) is 18.5. The van der Waals surface area contributed by atoms with E-state index in [0.717, 1.165) is 21.4 Å². The molecule has 0 atom stereocenters. The van der Waals surface area contributed by atoms with Crippen LogP contribution in [0.15, 0.2) is 87.2 Å². The first kappa shape index (κ1) is 23.1. The molecular formula is C26H23BrN2O3S. The first-order valence-electron chi connectivity index (χ1n) is 10.4. The third kappa shape index (κ3) is 5.31. The van der Waals surface area contributed by atoms with E-state index >= 15 is 0 Å². The Bertz CT molecular complexity index is 1210. The molecule has 0 spiro atoms. The molecule has 3 aromatic rings. The minimum absolute atomic E-state index is 0.00237. The molecule has 4 rings (SSSR count). The highest BCUT2D eigenvalue weighted by molar-refractivity contribution is 9.10. The van der Waals surface area contributed by atoms with E-state index in [1.807, 2.05) is 92.7 Å². The third-order valence-electron chi connectivity index (χ3n) is 4.70. The van der Waals surface area contributed by atoms with E-state index in [0.29, 0.717) is 21.6 Å². The average molecular weight is 523 g/mol. The van der Waals surface area contributed by atoms with E-state index in [9.17, 15) is 4.79 Å². The molecule has 5 nitrogen and oxygen atoms in total. The number of carbonyl (C=O) groups is 1. The van der Waals surface area contributed by atoms with Gasteiger partial charge in [-0.3, -0.25) is 9.69 Å². The van der Waals surface area contributed by atoms with Gasteiger partial charge in [0.05, 0.1) is 34.0 Å². The summed E-state index contributed by atoms with van der Waals surface area (Å²) in [5.41, 5.74) is 2.38. The second-order valence-corrected chi connectivity index (χ2v) is 9.38. The first-order valence-corrected chi connectivity index (χ1v) is 12.0. The molecule has 0 unspecified atom stereocenters. The predicted octanol–water partition coefficient (Wildman–Crippen LogP) is 7.05. The molecule has 0 bridgehead atoms. The molecule has 1 aliphatic heterocycles. The fourth-order valence-corrected chi connectivity index (χ4v) is 4.85. The highest BCUT2D eigenvalue weighted by Crippen LogP contribution is 2.41. The van der Waals surface area contributed by atoms with Crippen LogP contribution in [0.25, 0.3) is 6.08 Å². The van der Waals surface area contributed by atoms with Crippen molar-refractivity contribution in [3.63, 3.8) is 0 Å². The zero-order chi connectivity index (χ0) is 23.4. The van der Waals surface area contributed by atoms with Gasteiger partial charge < -0.3 is 9.47 Å². The van der Waals surface area contributed by atoms with E-state index in [1.54, 1.807) is 12.0 Å². The summed E-state index contributed by atoms with van der Waals surface area (Å²) in [5, 5.41) is 0.606. The lowest BCUT2D eigenvalue weighted by Crippen LogP contribution is -2.28. The number of ether oxygens (including phenoxy) is 2. The quantitative estimate of drug-likeness (QED) is 0.325. The number of halogens is 1. The summed E-state index contributed by atoms with van der Waals surface area (Å²) < 4.78 is 12.2. The van der Waals surface area contributed by atoms with Crippen LogP contribution in [0, 0.1) is 0 Å². The van der Waals surface area contributed by atoms with Gasteiger partial charge in [-0.1, -0.05) is 36.4 Å². The summed E-state index contributed by atoms with van der Waals surface area (Å²) in [7, 11) is 1.60. The largest absolute Gasteiger partial charge is 0.493 e. The highest BCUT2D eigenvalue weighted by Gasteiger charge is 2.34. The number of hydrogen-bond acceptors (Lipinski definition) is 5. The summed E-state index contributed by atoms with van der Waals surface area (Å²) in [6.07, 6.45) is 1.85. The highest BCUT2D eigenvalue weighted by atomic mass is 79.9. The summed E-state index contributed by atoms with van der Waals surface area (Å²) >= 11 is 4.92. The maximum Gasteiger partial charge on any atom is 0.271 e. The first-order chi connectivity index (χ1) is 16.0. The monoisotopic (exact) mass is 522 g/mol. The van der Waals surface area contributed by atoms with Crippen LogP contribution < -0.4 is 14.4 Å². The summed E-state index contributed by atoms with van der Waals surface area (Å²) in [4.78, 5) is 20.4. The lowest BCUT2D eigenvalue weighted by Gasteiger charge is -2.16. The van der Waals surface area contributed by atoms with Crippen LogP contribution in [0.1, 0.15) is 19.4 Å². The lowest BCUT2D eigenvalue weighted by atomic mass is 10.1. The predicted molar refractivity (Wildman–Crippen MR) is 139 cm³/mol. The Labute approximate surface area is 206 Å². The minimum atomic E-state index is -0.126. The number of carbonyl (C=O) groups excluding carboxylic acids is 1. The molecule has 0 aliphatic carbocycles. The van der Waals surface area contributed by atoms with Crippen molar-refractivity contribution in [2.75, 3.05) is 12.0 Å². The molecular weight excluding hydrogens is 500 g/mol. The maximum atomic E-state index is 13.5. The number of amidine groups is 1. The molecule has 0 N–H and O–H groups in total. The van der Waals surface area contributed by atoms with Crippen LogP contribution in [0.4, 0.5) is 11.4 Å². The summed E-state index contributed by atoms with van der Waals surface area (Å²) in [6, 6.07) is 22.9. The number of hydrogen-bond donors (Lipinski definition) is 0. The molecule has 1 fully saturated rings. The van der Waals surface area contributed by atoms with Crippen LogP contribution in [0.3, 0.4) is 0 Å². The van der Waals surface area contributed by atoms with Crippen molar-refractivity contribution >= 4 is 56.2 Å². The third-order valence-corrected chi connectivity index (χ3v) is 6.26. The van der Waals surface area contributed by atoms with E-state index in [4.69, 9.17) is 14.5 Å². The molecule has 1 aliphatic rings. The topological polar surface area (TPSA) is 51.1 Å². The SMILES string of the molecule is COc1cc(/C=C2\SC(=Nc3ccccc3)N(c3ccccc3)C2=O)cc(Br)c1OC(C)C. The van der Waals surface area contributed by atoms with Gasteiger partial charge in [0.2, 0.25) is 0 Å². The van der Waals surface area contributed by atoms with Crippen molar-refractivity contribution in [1.82, 2.24) is 0 Å². The van der Waals surface area contributed by atoms with Gasteiger partial charge in [-0.2, -0.15) is 0 Å². The number of anilines is 1. The second-order valence-electron chi connectivity index (χ2n) is 7.52. The molecule has 3 aromatic carbocycles. The van der Waals surface area contributed by atoms with Gasteiger partial charge in [-0.05, 0) is 89.6 Å². The molecule has 33 heavy (non-hydrogen) atoms. The number of benzene rings is 3. The van der Waals surface area contributed by atoms with E-state index in [1.165, 1.54) is 11.8 Å². The number of aliphatic imine (C=N–C) groups is 1. The Morgan fingerprint density at radius 3 is 2.33 bits per heavy atom. The van der Waals surface area contributed by atoms with Crippen LogP contribution in [0.5, 0.6) is 11.5 Å². The number of rotatable bonds is 6. The smallest absolute Gasteiger partial charge is 0.271 e. The number of amides is 1. The van der Waals surface area contributed by atoms with Gasteiger partial charge in [0.15, 0.2) is 16.7 Å². The molecule has 1 amide bonds. The zero-order valence-corrected chi connectivity index (χ0v) is 20.9. The van der Waals surface area contributed by atoms with Gasteiger partial charge in [0, 0.05) is 0 Å². The Kier molecular flexibility index (Phi) is 7.20. The Balaban J connectivity index is 1.75. The molecule has 0 saturated carbocycles. The Morgan fingerprint density at radius 1 is 1.03 bits per heavy atom. The van der Waals surface area contributed by atoms with E-state index < -0.39 is 0 Å². The molecule has 1 saturated heterocycles.